The molecule has 3 amide bonds. The molecule has 1 heterocycles. The number of benzene rings is 3. The average molecular weight is 635 g/mol. The van der Waals surface area contributed by atoms with E-state index in [2.05, 4.69) is 27.9 Å². The number of imide groups is 1. The lowest BCUT2D eigenvalue weighted by molar-refractivity contribution is -0.127. The number of thioether (sulfide) groups is 1. The van der Waals surface area contributed by atoms with E-state index in [1.54, 1.807) is 36.4 Å². The fraction of sp³-hybridized carbons (Fsp3) is 0.115. The van der Waals surface area contributed by atoms with Gasteiger partial charge in [0.15, 0.2) is 11.5 Å². The SMILES string of the molecule is COc1cc(/C=C2/SC(=O)N(CC(=O)Nc3ccc(Cl)cc3)C2=O)cc(I)c1OCc1ccccc1. The van der Waals surface area contributed by atoms with Crippen molar-refractivity contribution in [1.82, 2.24) is 4.90 Å². The van der Waals surface area contributed by atoms with Crippen LogP contribution >= 0.6 is 46.0 Å². The van der Waals surface area contributed by atoms with Crippen LogP contribution in [0.4, 0.5) is 10.5 Å². The molecule has 3 aromatic carbocycles. The predicted octanol–water partition coefficient (Wildman–Crippen LogP) is 6.21. The molecule has 0 atom stereocenters. The second-order valence-electron chi connectivity index (χ2n) is 7.63. The largest absolute Gasteiger partial charge is 0.493 e. The lowest BCUT2D eigenvalue weighted by Crippen LogP contribution is -2.36. The summed E-state index contributed by atoms with van der Waals surface area (Å²) in [6, 6.07) is 19.9. The summed E-state index contributed by atoms with van der Waals surface area (Å²) in [5, 5.41) is 2.67. The molecule has 36 heavy (non-hydrogen) atoms. The first-order chi connectivity index (χ1) is 17.3. The quantitative estimate of drug-likeness (QED) is 0.235. The highest BCUT2D eigenvalue weighted by molar-refractivity contribution is 14.1. The Morgan fingerprint density at radius 2 is 1.83 bits per heavy atom. The van der Waals surface area contributed by atoms with Gasteiger partial charge in [0.25, 0.3) is 11.1 Å². The van der Waals surface area contributed by atoms with Crippen LogP contribution < -0.4 is 14.8 Å². The molecule has 1 fully saturated rings. The number of rotatable bonds is 8. The smallest absolute Gasteiger partial charge is 0.294 e. The van der Waals surface area contributed by atoms with E-state index in [0.29, 0.717) is 34.4 Å². The molecule has 1 saturated heterocycles. The van der Waals surface area contributed by atoms with Gasteiger partial charge in [-0.05, 0) is 88.0 Å². The molecule has 10 heteroatoms. The Hall–Kier alpha value is -3.02. The number of methoxy groups -OCH3 is 1. The second-order valence-corrected chi connectivity index (χ2v) is 10.2. The Kier molecular flexibility index (Phi) is 8.55. The van der Waals surface area contributed by atoms with Crippen LogP contribution in [0.1, 0.15) is 11.1 Å². The van der Waals surface area contributed by atoms with Gasteiger partial charge in [0.1, 0.15) is 13.2 Å². The van der Waals surface area contributed by atoms with Crippen molar-refractivity contribution >= 4 is 74.8 Å². The molecule has 7 nitrogen and oxygen atoms in total. The van der Waals surface area contributed by atoms with E-state index in [-0.39, 0.29) is 4.91 Å². The minimum absolute atomic E-state index is 0.218. The number of halogens is 2. The highest BCUT2D eigenvalue weighted by atomic mass is 127. The standard InChI is InChI=1S/C26H20ClIN2O5S/c1-34-21-12-17(11-20(28)24(21)35-15-16-5-3-2-4-6-16)13-22-25(32)30(26(33)36-22)14-23(31)29-19-9-7-18(27)8-10-19/h2-13H,14-15H2,1H3,(H,29,31)/b22-13+. The normalized spacial score (nSPS) is 14.3. The Labute approximate surface area is 230 Å². The maximum Gasteiger partial charge on any atom is 0.294 e. The Morgan fingerprint density at radius 1 is 1.11 bits per heavy atom. The van der Waals surface area contributed by atoms with Crippen LogP contribution in [0.25, 0.3) is 6.08 Å². The predicted molar refractivity (Wildman–Crippen MR) is 149 cm³/mol. The van der Waals surface area contributed by atoms with Gasteiger partial charge in [0.05, 0.1) is 15.6 Å². The summed E-state index contributed by atoms with van der Waals surface area (Å²) in [7, 11) is 1.54. The maximum atomic E-state index is 12.9. The second kappa shape index (κ2) is 11.8. The number of amides is 3. The number of hydrogen-bond donors (Lipinski definition) is 1. The molecule has 0 aliphatic carbocycles. The fourth-order valence-corrected chi connectivity index (χ4v) is 5.10. The van der Waals surface area contributed by atoms with Crippen molar-refractivity contribution in [1.29, 1.82) is 0 Å². The van der Waals surface area contributed by atoms with Gasteiger partial charge in [0.2, 0.25) is 5.91 Å². The van der Waals surface area contributed by atoms with Crippen LogP contribution in [-0.4, -0.2) is 35.6 Å². The summed E-state index contributed by atoms with van der Waals surface area (Å²) >= 11 is 8.78. The molecule has 3 aromatic rings. The van der Waals surface area contributed by atoms with Gasteiger partial charge in [0, 0.05) is 10.7 Å². The summed E-state index contributed by atoms with van der Waals surface area (Å²) in [5.41, 5.74) is 2.20. The Balaban J connectivity index is 1.46. The minimum Gasteiger partial charge on any atom is -0.493 e. The zero-order valence-corrected chi connectivity index (χ0v) is 22.7. The average Bonchev–Trinajstić information content (AvgIpc) is 3.12. The van der Waals surface area contributed by atoms with Gasteiger partial charge in [-0.1, -0.05) is 41.9 Å². The van der Waals surface area contributed by atoms with Crippen molar-refractivity contribution in [3.8, 4) is 11.5 Å². The number of carbonyl (C=O) groups excluding carboxylic acids is 3. The molecule has 0 unspecified atom stereocenters. The topological polar surface area (TPSA) is 84.9 Å². The third-order valence-electron chi connectivity index (χ3n) is 5.08. The fourth-order valence-electron chi connectivity index (χ4n) is 3.36. The molecule has 1 aliphatic heterocycles. The van der Waals surface area contributed by atoms with Crippen LogP contribution in [0.5, 0.6) is 11.5 Å². The van der Waals surface area contributed by atoms with Crippen LogP contribution in [0, 0.1) is 3.57 Å². The minimum atomic E-state index is -0.533. The number of ether oxygens (including phenoxy) is 2. The number of nitrogens with one attached hydrogen (secondary N) is 1. The highest BCUT2D eigenvalue weighted by Gasteiger charge is 2.36. The van der Waals surface area contributed by atoms with Gasteiger partial charge in [-0.2, -0.15) is 0 Å². The third kappa shape index (κ3) is 6.40. The molecular formula is C26H20ClIN2O5S. The van der Waals surface area contributed by atoms with E-state index in [1.807, 2.05) is 36.4 Å². The maximum absolute atomic E-state index is 12.9. The van der Waals surface area contributed by atoms with E-state index in [0.717, 1.165) is 25.8 Å². The zero-order valence-electron chi connectivity index (χ0n) is 19.0. The number of nitrogens with zero attached hydrogens (tertiary/aromatic N) is 1. The first-order valence-electron chi connectivity index (χ1n) is 10.7. The van der Waals surface area contributed by atoms with Crippen molar-refractivity contribution in [2.24, 2.45) is 0 Å². The van der Waals surface area contributed by atoms with Gasteiger partial charge in [-0.15, -0.1) is 0 Å². The van der Waals surface area contributed by atoms with Crippen molar-refractivity contribution < 1.29 is 23.9 Å². The summed E-state index contributed by atoms with van der Waals surface area (Å²) < 4.78 is 12.3. The zero-order chi connectivity index (χ0) is 25.7. The van der Waals surface area contributed by atoms with Gasteiger partial charge in [-0.25, -0.2) is 0 Å². The number of hydrogen-bond acceptors (Lipinski definition) is 6. The van der Waals surface area contributed by atoms with Crippen molar-refractivity contribution in [2.75, 3.05) is 19.0 Å². The molecule has 4 rings (SSSR count). The summed E-state index contributed by atoms with van der Waals surface area (Å²) in [5.74, 6) is 0.0726. The summed E-state index contributed by atoms with van der Waals surface area (Å²) in [6.45, 7) is -0.0126. The van der Waals surface area contributed by atoms with Gasteiger partial charge in [-0.3, -0.25) is 19.3 Å². The summed E-state index contributed by atoms with van der Waals surface area (Å²) in [6.07, 6.45) is 1.60. The van der Waals surface area contributed by atoms with Crippen molar-refractivity contribution in [2.45, 2.75) is 6.61 Å². The Bertz CT molecular complexity index is 1330. The van der Waals surface area contributed by atoms with E-state index in [9.17, 15) is 14.4 Å². The first-order valence-corrected chi connectivity index (χ1v) is 13.0. The highest BCUT2D eigenvalue weighted by Crippen LogP contribution is 2.37. The van der Waals surface area contributed by atoms with Crippen LogP contribution in [-0.2, 0) is 16.2 Å². The van der Waals surface area contributed by atoms with Crippen molar-refractivity contribution in [3.05, 3.63) is 91.4 Å². The van der Waals surface area contributed by atoms with E-state index in [1.165, 1.54) is 7.11 Å². The Morgan fingerprint density at radius 3 is 2.53 bits per heavy atom. The van der Waals surface area contributed by atoms with Crippen LogP contribution in [0.15, 0.2) is 71.6 Å². The molecule has 0 bridgehead atoms. The summed E-state index contributed by atoms with van der Waals surface area (Å²) in [4.78, 5) is 38.9. The molecule has 0 saturated carbocycles. The lowest BCUT2D eigenvalue weighted by atomic mass is 10.1. The van der Waals surface area contributed by atoms with Crippen LogP contribution in [0.3, 0.4) is 0 Å². The molecule has 1 N–H and O–H groups in total. The van der Waals surface area contributed by atoms with Crippen LogP contribution in [0.2, 0.25) is 5.02 Å². The third-order valence-corrected chi connectivity index (χ3v) is 7.04. The molecule has 1 aliphatic rings. The van der Waals surface area contributed by atoms with E-state index < -0.39 is 23.6 Å². The van der Waals surface area contributed by atoms with E-state index in [4.69, 9.17) is 21.1 Å². The molecule has 0 radical (unpaired) electrons. The number of anilines is 1. The number of carbonyl (C=O) groups is 3. The van der Waals surface area contributed by atoms with Crippen molar-refractivity contribution in [3.63, 3.8) is 0 Å². The molecule has 0 aromatic heterocycles. The molecular weight excluding hydrogens is 615 g/mol. The lowest BCUT2D eigenvalue weighted by Gasteiger charge is -2.14. The molecule has 184 valence electrons. The van der Waals surface area contributed by atoms with E-state index >= 15 is 0 Å². The molecule has 0 spiro atoms. The monoisotopic (exact) mass is 634 g/mol. The first kappa shape index (κ1) is 26.1. The van der Waals surface area contributed by atoms with Gasteiger partial charge >= 0.3 is 0 Å². The van der Waals surface area contributed by atoms with Gasteiger partial charge < -0.3 is 14.8 Å².